The maximum atomic E-state index is 12.9. The Hall–Kier alpha value is -4.46. The summed E-state index contributed by atoms with van der Waals surface area (Å²) in [5, 5.41) is 2.76. The summed E-state index contributed by atoms with van der Waals surface area (Å²) in [5.41, 5.74) is 7.91. The second kappa shape index (κ2) is 10.4. The number of carbonyl (C=O) groups excluding carboxylic acids is 3. The molecule has 172 valence electrons. The van der Waals surface area contributed by atoms with Crippen molar-refractivity contribution in [2.75, 3.05) is 0 Å². The number of benzene rings is 3. The van der Waals surface area contributed by atoms with E-state index in [9.17, 15) is 14.4 Å². The number of imidazole rings is 1. The lowest BCUT2D eigenvalue weighted by Gasteiger charge is -2.19. The van der Waals surface area contributed by atoms with Crippen molar-refractivity contribution >= 4 is 28.8 Å². The SMILES string of the molecule is Cn1c(CC(=O)NNC(=O)C(Cc2ccccc2)NC(=O)c2ccccc2)nc2ccccc21. The standard InChI is InChI=1S/C26H25N5O3/c1-31-22-15-9-8-14-20(22)27-23(31)17-24(32)29-30-26(34)21(16-18-10-4-2-5-11-18)28-25(33)19-12-6-3-7-13-19/h2-15,21H,16-17H2,1H3,(H,28,33)(H,29,32)(H,30,34). The number of hydrazine groups is 1. The number of hydrogen-bond donors (Lipinski definition) is 3. The minimum Gasteiger partial charge on any atom is -0.340 e. The highest BCUT2D eigenvalue weighted by Crippen LogP contribution is 2.14. The van der Waals surface area contributed by atoms with Crippen molar-refractivity contribution in [3.8, 4) is 0 Å². The zero-order valence-corrected chi connectivity index (χ0v) is 18.7. The normalized spacial score (nSPS) is 11.6. The van der Waals surface area contributed by atoms with Crippen LogP contribution in [0.4, 0.5) is 0 Å². The smallest absolute Gasteiger partial charge is 0.261 e. The zero-order chi connectivity index (χ0) is 23.9. The van der Waals surface area contributed by atoms with Gasteiger partial charge >= 0.3 is 0 Å². The van der Waals surface area contributed by atoms with Crippen LogP contribution in [0.2, 0.25) is 0 Å². The molecule has 0 radical (unpaired) electrons. The van der Waals surface area contributed by atoms with Crippen LogP contribution in [0.5, 0.6) is 0 Å². The number of nitrogens with one attached hydrogen (secondary N) is 3. The van der Waals surface area contributed by atoms with Crippen LogP contribution in [0.15, 0.2) is 84.9 Å². The summed E-state index contributed by atoms with van der Waals surface area (Å²) in [6.45, 7) is 0. The van der Waals surface area contributed by atoms with Gasteiger partial charge in [-0.15, -0.1) is 0 Å². The van der Waals surface area contributed by atoms with E-state index < -0.39 is 17.9 Å². The number of nitrogens with zero attached hydrogens (tertiary/aromatic N) is 2. The molecule has 0 saturated heterocycles. The molecular formula is C26H25N5O3. The third-order valence-electron chi connectivity index (χ3n) is 5.46. The molecule has 34 heavy (non-hydrogen) atoms. The number of amides is 3. The van der Waals surface area contributed by atoms with Crippen molar-refractivity contribution in [1.29, 1.82) is 0 Å². The van der Waals surface area contributed by atoms with Crippen LogP contribution in [-0.2, 0) is 29.5 Å². The molecule has 3 N–H and O–H groups in total. The number of fused-ring (bicyclic) bond motifs is 1. The van der Waals surface area contributed by atoms with Crippen LogP contribution >= 0.6 is 0 Å². The van der Waals surface area contributed by atoms with Gasteiger partial charge in [-0.1, -0.05) is 60.7 Å². The molecule has 1 atom stereocenters. The molecular weight excluding hydrogens is 430 g/mol. The fourth-order valence-electron chi connectivity index (χ4n) is 3.65. The van der Waals surface area contributed by atoms with E-state index in [0.717, 1.165) is 16.6 Å². The Balaban J connectivity index is 1.41. The van der Waals surface area contributed by atoms with E-state index in [1.165, 1.54) is 0 Å². The van der Waals surface area contributed by atoms with Crippen LogP contribution in [0, 0.1) is 0 Å². The maximum absolute atomic E-state index is 12.9. The summed E-state index contributed by atoms with van der Waals surface area (Å²) < 4.78 is 1.84. The van der Waals surface area contributed by atoms with E-state index in [1.807, 2.05) is 72.3 Å². The Labute approximate surface area is 197 Å². The Morgan fingerprint density at radius 3 is 2.21 bits per heavy atom. The van der Waals surface area contributed by atoms with Crippen LogP contribution in [0.1, 0.15) is 21.7 Å². The second-order valence-corrected chi connectivity index (χ2v) is 7.87. The Morgan fingerprint density at radius 1 is 0.853 bits per heavy atom. The Kier molecular flexibility index (Phi) is 6.98. The minimum absolute atomic E-state index is 0.00874. The summed E-state index contributed by atoms with van der Waals surface area (Å²) in [4.78, 5) is 42.6. The first-order chi connectivity index (χ1) is 16.5. The highest BCUT2D eigenvalue weighted by Gasteiger charge is 2.23. The molecule has 4 rings (SSSR count). The van der Waals surface area contributed by atoms with Crippen molar-refractivity contribution in [3.63, 3.8) is 0 Å². The predicted octanol–water partition coefficient (Wildman–Crippen LogP) is 2.30. The summed E-state index contributed by atoms with van der Waals surface area (Å²) in [5.74, 6) is -0.736. The fraction of sp³-hybridized carbons (Fsp3) is 0.154. The Morgan fingerprint density at radius 2 is 1.50 bits per heavy atom. The van der Waals surface area contributed by atoms with Gasteiger partial charge in [0.05, 0.1) is 17.5 Å². The number of rotatable bonds is 7. The summed E-state index contributed by atoms with van der Waals surface area (Å²) in [6.07, 6.45) is 0.261. The number of aryl methyl sites for hydroxylation is 1. The van der Waals surface area contributed by atoms with Crippen molar-refractivity contribution in [3.05, 3.63) is 102 Å². The lowest BCUT2D eigenvalue weighted by Crippen LogP contribution is -2.53. The third-order valence-corrected chi connectivity index (χ3v) is 5.46. The van der Waals surface area contributed by atoms with E-state index in [0.29, 0.717) is 11.4 Å². The molecule has 3 amide bonds. The monoisotopic (exact) mass is 455 g/mol. The molecule has 0 aliphatic carbocycles. The van der Waals surface area contributed by atoms with Crippen LogP contribution < -0.4 is 16.2 Å². The highest BCUT2D eigenvalue weighted by molar-refractivity contribution is 5.97. The van der Waals surface area contributed by atoms with Gasteiger partial charge in [0.15, 0.2) is 0 Å². The molecule has 1 unspecified atom stereocenters. The van der Waals surface area contributed by atoms with Gasteiger partial charge in [-0.2, -0.15) is 0 Å². The van der Waals surface area contributed by atoms with Crippen molar-refractivity contribution < 1.29 is 14.4 Å². The molecule has 0 saturated carbocycles. The number of hydrogen-bond acceptors (Lipinski definition) is 4. The maximum Gasteiger partial charge on any atom is 0.261 e. The number of para-hydroxylation sites is 2. The molecule has 0 aliphatic heterocycles. The minimum atomic E-state index is -0.883. The van der Waals surface area contributed by atoms with Gasteiger partial charge in [-0.05, 0) is 29.8 Å². The van der Waals surface area contributed by atoms with E-state index >= 15 is 0 Å². The van der Waals surface area contributed by atoms with Gasteiger partial charge in [-0.25, -0.2) is 4.98 Å². The zero-order valence-electron chi connectivity index (χ0n) is 18.7. The van der Waals surface area contributed by atoms with E-state index in [4.69, 9.17) is 0 Å². The van der Waals surface area contributed by atoms with E-state index in [1.54, 1.807) is 24.3 Å². The van der Waals surface area contributed by atoms with Gasteiger partial charge in [0.25, 0.3) is 11.8 Å². The lowest BCUT2D eigenvalue weighted by atomic mass is 10.0. The molecule has 0 spiro atoms. The lowest BCUT2D eigenvalue weighted by molar-refractivity contribution is -0.129. The molecule has 4 aromatic rings. The summed E-state index contributed by atoms with van der Waals surface area (Å²) >= 11 is 0. The van der Waals surface area contributed by atoms with Crippen LogP contribution in [0.25, 0.3) is 11.0 Å². The van der Waals surface area contributed by atoms with Crippen molar-refractivity contribution in [2.24, 2.45) is 7.05 Å². The van der Waals surface area contributed by atoms with Gasteiger partial charge in [0, 0.05) is 19.0 Å². The summed E-state index contributed by atoms with van der Waals surface area (Å²) in [7, 11) is 1.84. The highest BCUT2D eigenvalue weighted by atomic mass is 16.2. The van der Waals surface area contributed by atoms with Crippen molar-refractivity contribution in [1.82, 2.24) is 25.7 Å². The molecule has 8 heteroatoms. The van der Waals surface area contributed by atoms with Gasteiger partial charge in [0.2, 0.25) is 5.91 Å². The molecule has 0 aliphatic rings. The average molecular weight is 456 g/mol. The Bertz CT molecular complexity index is 1300. The molecule has 1 aromatic heterocycles. The van der Waals surface area contributed by atoms with Gasteiger partial charge < -0.3 is 9.88 Å². The number of aromatic nitrogens is 2. The number of carbonyl (C=O) groups is 3. The van der Waals surface area contributed by atoms with Crippen LogP contribution in [-0.4, -0.2) is 33.3 Å². The molecule has 0 bridgehead atoms. The third kappa shape index (κ3) is 5.47. The largest absolute Gasteiger partial charge is 0.340 e. The molecule has 1 heterocycles. The van der Waals surface area contributed by atoms with Crippen molar-refractivity contribution in [2.45, 2.75) is 18.9 Å². The van der Waals surface area contributed by atoms with Gasteiger partial charge in [0.1, 0.15) is 11.9 Å². The second-order valence-electron chi connectivity index (χ2n) is 7.87. The molecule has 3 aromatic carbocycles. The first kappa shape index (κ1) is 22.7. The van der Waals surface area contributed by atoms with E-state index in [-0.39, 0.29) is 18.7 Å². The fourth-order valence-corrected chi connectivity index (χ4v) is 3.65. The topological polar surface area (TPSA) is 105 Å². The molecule has 8 nitrogen and oxygen atoms in total. The predicted molar refractivity (Wildman–Crippen MR) is 129 cm³/mol. The quantitative estimate of drug-likeness (QED) is 0.372. The van der Waals surface area contributed by atoms with E-state index in [2.05, 4.69) is 21.2 Å². The summed E-state index contributed by atoms with van der Waals surface area (Å²) in [6, 6.07) is 24.7. The average Bonchev–Trinajstić information content (AvgIpc) is 3.18. The molecule has 0 fully saturated rings. The first-order valence-corrected chi connectivity index (χ1v) is 10.9. The van der Waals surface area contributed by atoms with Gasteiger partial charge in [-0.3, -0.25) is 25.2 Å². The van der Waals surface area contributed by atoms with Crippen LogP contribution in [0.3, 0.4) is 0 Å². The first-order valence-electron chi connectivity index (χ1n) is 10.9.